The molecular formula is C22H26FN3O. The van der Waals surface area contributed by atoms with Gasteiger partial charge in [-0.2, -0.15) is 0 Å². The fraction of sp³-hybridized carbons (Fsp3) is 0.318. The molecule has 4 nitrogen and oxygen atoms in total. The molecule has 1 amide bonds. The van der Waals surface area contributed by atoms with Crippen LogP contribution >= 0.6 is 0 Å². The quantitative estimate of drug-likeness (QED) is 0.798. The summed E-state index contributed by atoms with van der Waals surface area (Å²) in [5.74, 6) is -0.450. The molecule has 0 bridgehead atoms. The summed E-state index contributed by atoms with van der Waals surface area (Å²) >= 11 is 0. The molecule has 1 saturated heterocycles. The van der Waals surface area contributed by atoms with E-state index in [1.165, 1.54) is 23.8 Å². The average molecular weight is 367 g/mol. The van der Waals surface area contributed by atoms with Gasteiger partial charge in [0, 0.05) is 45.3 Å². The third-order valence-corrected chi connectivity index (χ3v) is 4.79. The fourth-order valence-electron chi connectivity index (χ4n) is 3.02. The van der Waals surface area contributed by atoms with Gasteiger partial charge in [0.2, 0.25) is 5.91 Å². The molecule has 0 unspecified atom stereocenters. The zero-order valence-electron chi connectivity index (χ0n) is 15.7. The maximum atomic E-state index is 12.9. The molecule has 1 N–H and O–H groups in total. The molecule has 5 heteroatoms. The van der Waals surface area contributed by atoms with Crippen molar-refractivity contribution in [3.05, 3.63) is 77.1 Å². The van der Waals surface area contributed by atoms with Gasteiger partial charge in [-0.3, -0.25) is 9.69 Å². The van der Waals surface area contributed by atoms with E-state index in [0.29, 0.717) is 6.54 Å². The molecule has 1 aliphatic heterocycles. The van der Waals surface area contributed by atoms with Crippen LogP contribution in [0, 0.1) is 5.82 Å². The number of nitrogens with one attached hydrogen (secondary N) is 1. The highest BCUT2D eigenvalue weighted by Crippen LogP contribution is 2.10. The Morgan fingerprint density at radius 1 is 1.00 bits per heavy atom. The van der Waals surface area contributed by atoms with Crippen molar-refractivity contribution in [2.24, 2.45) is 0 Å². The number of hydrogen-bond donors (Lipinski definition) is 1. The number of nitrogens with zero attached hydrogens (tertiary/aromatic N) is 2. The van der Waals surface area contributed by atoms with Crippen LogP contribution in [0.15, 0.2) is 54.6 Å². The van der Waals surface area contributed by atoms with Crippen LogP contribution in [0.2, 0.25) is 0 Å². The van der Waals surface area contributed by atoms with Crippen LogP contribution < -0.4 is 5.32 Å². The maximum Gasteiger partial charge on any atom is 0.244 e. The Morgan fingerprint density at radius 2 is 1.63 bits per heavy atom. The van der Waals surface area contributed by atoms with Crippen LogP contribution in [0.25, 0.3) is 6.08 Å². The van der Waals surface area contributed by atoms with Gasteiger partial charge < -0.3 is 10.2 Å². The molecule has 1 fully saturated rings. The van der Waals surface area contributed by atoms with Crippen LogP contribution in [0.5, 0.6) is 0 Å². The van der Waals surface area contributed by atoms with Crippen molar-refractivity contribution in [3.8, 4) is 0 Å². The highest BCUT2D eigenvalue weighted by molar-refractivity contribution is 5.91. The maximum absolute atomic E-state index is 12.9. The first kappa shape index (κ1) is 19.3. The lowest BCUT2D eigenvalue weighted by Crippen LogP contribution is -2.43. The van der Waals surface area contributed by atoms with Gasteiger partial charge in [0.15, 0.2) is 0 Å². The summed E-state index contributed by atoms with van der Waals surface area (Å²) in [5, 5.41) is 2.87. The molecule has 1 heterocycles. The first-order valence-electron chi connectivity index (χ1n) is 9.29. The zero-order valence-corrected chi connectivity index (χ0v) is 15.7. The molecule has 2 aromatic rings. The van der Waals surface area contributed by atoms with Gasteiger partial charge in [-0.05, 0) is 41.9 Å². The van der Waals surface area contributed by atoms with Crippen molar-refractivity contribution in [1.29, 1.82) is 0 Å². The molecule has 2 aromatic carbocycles. The molecule has 0 atom stereocenters. The number of rotatable bonds is 6. The van der Waals surface area contributed by atoms with E-state index in [2.05, 4.69) is 46.4 Å². The molecule has 3 rings (SSSR count). The standard InChI is InChI=1S/C22H26FN3O/c1-25-12-14-26(15-13-25)17-20-4-2-19(3-5-20)16-24-22(27)11-8-18-6-9-21(23)10-7-18/h2-11H,12-17H2,1H3,(H,24,27)/b11-8+. The molecule has 0 saturated carbocycles. The van der Waals surface area contributed by atoms with Crippen molar-refractivity contribution in [3.63, 3.8) is 0 Å². The Bertz CT molecular complexity index is 763. The van der Waals surface area contributed by atoms with Crippen LogP contribution in [0.1, 0.15) is 16.7 Å². The van der Waals surface area contributed by atoms with E-state index in [1.54, 1.807) is 18.2 Å². The van der Waals surface area contributed by atoms with Crippen LogP contribution in [-0.2, 0) is 17.9 Å². The summed E-state index contributed by atoms with van der Waals surface area (Å²) in [4.78, 5) is 16.8. The molecule has 0 spiro atoms. The molecule has 142 valence electrons. The highest BCUT2D eigenvalue weighted by atomic mass is 19.1. The van der Waals surface area contributed by atoms with Gasteiger partial charge in [0.25, 0.3) is 0 Å². The number of halogens is 1. The van der Waals surface area contributed by atoms with Gasteiger partial charge in [-0.1, -0.05) is 36.4 Å². The smallest absolute Gasteiger partial charge is 0.244 e. The Balaban J connectivity index is 1.44. The predicted molar refractivity (Wildman–Crippen MR) is 106 cm³/mol. The minimum Gasteiger partial charge on any atom is -0.348 e. The third-order valence-electron chi connectivity index (χ3n) is 4.79. The summed E-state index contributed by atoms with van der Waals surface area (Å²) in [7, 11) is 2.16. The number of hydrogen-bond acceptors (Lipinski definition) is 3. The summed E-state index contributed by atoms with van der Waals surface area (Å²) in [6.45, 7) is 5.91. The minimum atomic E-state index is -0.285. The second kappa shape index (κ2) is 9.44. The minimum absolute atomic E-state index is 0.166. The van der Waals surface area contributed by atoms with Crippen molar-refractivity contribution < 1.29 is 9.18 Å². The van der Waals surface area contributed by atoms with Gasteiger partial charge in [-0.15, -0.1) is 0 Å². The molecule has 27 heavy (non-hydrogen) atoms. The lowest BCUT2D eigenvalue weighted by molar-refractivity contribution is -0.116. The Labute approximate surface area is 160 Å². The van der Waals surface area contributed by atoms with E-state index >= 15 is 0 Å². The number of amides is 1. The molecule has 1 aliphatic rings. The molecule has 0 aliphatic carbocycles. The van der Waals surface area contributed by atoms with E-state index in [-0.39, 0.29) is 11.7 Å². The monoisotopic (exact) mass is 367 g/mol. The summed E-state index contributed by atoms with van der Waals surface area (Å²) in [6, 6.07) is 14.4. The van der Waals surface area contributed by atoms with E-state index < -0.39 is 0 Å². The highest BCUT2D eigenvalue weighted by Gasteiger charge is 2.13. The van der Waals surface area contributed by atoms with E-state index in [0.717, 1.165) is 43.9 Å². The molecule has 0 aromatic heterocycles. The first-order valence-corrected chi connectivity index (χ1v) is 9.29. The van der Waals surface area contributed by atoms with Gasteiger partial charge in [-0.25, -0.2) is 4.39 Å². The van der Waals surface area contributed by atoms with E-state index in [4.69, 9.17) is 0 Å². The van der Waals surface area contributed by atoms with Gasteiger partial charge >= 0.3 is 0 Å². The van der Waals surface area contributed by atoms with E-state index in [1.807, 2.05) is 0 Å². The predicted octanol–water partition coefficient (Wildman–Crippen LogP) is 2.90. The van der Waals surface area contributed by atoms with Gasteiger partial charge in [0.1, 0.15) is 5.82 Å². The zero-order chi connectivity index (χ0) is 19.1. The number of carbonyl (C=O) groups excluding carboxylic acids is 1. The molecular weight excluding hydrogens is 341 g/mol. The Kier molecular flexibility index (Phi) is 6.74. The Hall–Kier alpha value is -2.50. The second-order valence-electron chi connectivity index (χ2n) is 7.00. The second-order valence-corrected chi connectivity index (χ2v) is 7.00. The number of likely N-dealkylation sites (N-methyl/N-ethyl adjacent to an activating group) is 1. The number of piperazine rings is 1. The lowest BCUT2D eigenvalue weighted by atomic mass is 10.1. The summed E-state index contributed by atoms with van der Waals surface area (Å²) in [5.41, 5.74) is 3.16. The largest absolute Gasteiger partial charge is 0.348 e. The van der Waals surface area contributed by atoms with Crippen molar-refractivity contribution in [2.75, 3.05) is 33.2 Å². The normalized spacial score (nSPS) is 15.9. The summed E-state index contributed by atoms with van der Waals surface area (Å²) in [6.07, 6.45) is 3.14. The van der Waals surface area contributed by atoms with Crippen molar-refractivity contribution >= 4 is 12.0 Å². The lowest BCUT2D eigenvalue weighted by Gasteiger charge is -2.32. The molecule has 0 radical (unpaired) electrons. The van der Waals surface area contributed by atoms with Crippen molar-refractivity contribution in [1.82, 2.24) is 15.1 Å². The van der Waals surface area contributed by atoms with E-state index in [9.17, 15) is 9.18 Å². The number of carbonyl (C=O) groups is 1. The summed E-state index contributed by atoms with van der Waals surface area (Å²) < 4.78 is 12.9. The third kappa shape index (κ3) is 6.31. The van der Waals surface area contributed by atoms with Crippen LogP contribution in [0.3, 0.4) is 0 Å². The first-order chi connectivity index (χ1) is 13.1. The number of benzene rings is 2. The van der Waals surface area contributed by atoms with Crippen LogP contribution in [-0.4, -0.2) is 48.9 Å². The Morgan fingerprint density at radius 3 is 2.30 bits per heavy atom. The fourth-order valence-corrected chi connectivity index (χ4v) is 3.02. The van der Waals surface area contributed by atoms with Gasteiger partial charge in [0.05, 0.1) is 0 Å². The van der Waals surface area contributed by atoms with Crippen LogP contribution in [0.4, 0.5) is 4.39 Å². The topological polar surface area (TPSA) is 35.6 Å². The van der Waals surface area contributed by atoms with Crippen molar-refractivity contribution in [2.45, 2.75) is 13.1 Å². The SMILES string of the molecule is CN1CCN(Cc2ccc(CNC(=O)/C=C/c3ccc(F)cc3)cc2)CC1. The average Bonchev–Trinajstić information content (AvgIpc) is 2.69.